The van der Waals surface area contributed by atoms with E-state index in [1.807, 2.05) is 76.7 Å². The summed E-state index contributed by atoms with van der Waals surface area (Å²) in [5.74, 6) is -0.485. The monoisotopic (exact) mass is 726 g/mol. The number of ether oxygens (including phenoxy) is 1. The van der Waals surface area contributed by atoms with E-state index in [1.165, 1.54) is 4.68 Å². The molecule has 0 fully saturated rings. The molecule has 0 aliphatic carbocycles. The van der Waals surface area contributed by atoms with Crippen molar-refractivity contribution in [2.24, 2.45) is 7.05 Å². The lowest BCUT2D eigenvalue weighted by atomic mass is 9.98. The molecule has 1 atom stereocenters. The van der Waals surface area contributed by atoms with Crippen molar-refractivity contribution in [1.29, 1.82) is 0 Å². The fraction of sp³-hybridized carbons (Fsp3) is 0.333. The Morgan fingerprint density at radius 1 is 1.02 bits per heavy atom. The summed E-state index contributed by atoms with van der Waals surface area (Å²) in [5, 5.41) is 22.2. The quantitative estimate of drug-likeness (QED) is 0.149. The first-order valence-electron chi connectivity index (χ1n) is 17.1. The van der Waals surface area contributed by atoms with E-state index >= 15 is 0 Å². The van der Waals surface area contributed by atoms with E-state index < -0.39 is 5.97 Å². The minimum Gasteiger partial charge on any atom is -0.494 e. The molecule has 12 heteroatoms. The van der Waals surface area contributed by atoms with Gasteiger partial charge < -0.3 is 19.3 Å². The minimum atomic E-state index is -1.06. The zero-order chi connectivity index (χ0) is 36.5. The second kappa shape index (κ2) is 13.1. The number of hydrogen-bond acceptors (Lipinski definition) is 5. The van der Waals surface area contributed by atoms with E-state index in [0.29, 0.717) is 59.8 Å². The molecule has 3 aromatic heterocycles. The first-order chi connectivity index (χ1) is 24.3. The first-order valence-corrected chi connectivity index (χ1v) is 17.9. The van der Waals surface area contributed by atoms with Gasteiger partial charge in [0.2, 0.25) is 0 Å². The maximum atomic E-state index is 15.0. The minimum absolute atomic E-state index is 0.106. The number of rotatable bonds is 9. The summed E-state index contributed by atoms with van der Waals surface area (Å²) in [6.45, 7) is 13.1. The molecule has 1 aliphatic rings. The number of carboxylic acids is 1. The van der Waals surface area contributed by atoms with Crippen LogP contribution in [0.25, 0.3) is 32.9 Å². The number of benzene rings is 3. The Bertz CT molecular complexity index is 2380. The van der Waals surface area contributed by atoms with Gasteiger partial charge >= 0.3 is 5.97 Å². The van der Waals surface area contributed by atoms with E-state index in [1.54, 1.807) is 17.0 Å². The van der Waals surface area contributed by atoms with Crippen LogP contribution in [0.3, 0.4) is 0 Å². The van der Waals surface area contributed by atoms with E-state index in [2.05, 4.69) is 16.6 Å². The molecule has 7 rings (SSSR count). The van der Waals surface area contributed by atoms with Gasteiger partial charge in [-0.1, -0.05) is 41.4 Å². The third-order valence-corrected chi connectivity index (χ3v) is 11.0. The molecule has 4 heterocycles. The number of fused-ring (bicyclic) bond motifs is 4. The predicted molar refractivity (Wildman–Crippen MR) is 202 cm³/mol. The fourth-order valence-corrected chi connectivity index (χ4v) is 8.10. The summed E-state index contributed by atoms with van der Waals surface area (Å²) < 4.78 is 11.7. The van der Waals surface area contributed by atoms with Gasteiger partial charge in [0, 0.05) is 58.8 Å². The Morgan fingerprint density at radius 2 is 1.75 bits per heavy atom. The van der Waals surface area contributed by atoms with Crippen LogP contribution < -0.4 is 9.64 Å². The lowest BCUT2D eigenvalue weighted by Gasteiger charge is -2.34. The summed E-state index contributed by atoms with van der Waals surface area (Å²) in [4.78, 5) is 29.0. The molecule has 0 radical (unpaired) electrons. The Hall–Kier alpha value is -4.80. The number of aryl methyl sites for hydroxylation is 6. The Morgan fingerprint density at radius 3 is 2.39 bits per heavy atom. The van der Waals surface area contributed by atoms with Gasteiger partial charge in [-0.15, -0.1) is 0 Å². The number of aromatic carboxylic acids is 1. The molecule has 1 aliphatic heterocycles. The zero-order valence-electron chi connectivity index (χ0n) is 29.8. The van der Waals surface area contributed by atoms with E-state index in [9.17, 15) is 14.7 Å². The number of aromatic nitrogens is 5. The molecule has 6 aromatic rings. The topological polar surface area (TPSA) is 107 Å². The molecule has 1 amide bonds. The van der Waals surface area contributed by atoms with Gasteiger partial charge in [0.1, 0.15) is 17.0 Å². The lowest BCUT2D eigenvalue weighted by Crippen LogP contribution is -2.42. The van der Waals surface area contributed by atoms with Crippen LogP contribution in [0.2, 0.25) is 10.0 Å². The van der Waals surface area contributed by atoms with Crippen LogP contribution in [0.5, 0.6) is 5.75 Å². The van der Waals surface area contributed by atoms with Gasteiger partial charge in [-0.25, -0.2) is 4.79 Å². The van der Waals surface area contributed by atoms with Crippen LogP contribution in [0.15, 0.2) is 42.5 Å². The number of anilines is 1. The maximum absolute atomic E-state index is 15.0. The third-order valence-electron chi connectivity index (χ3n) is 10.1. The number of carbonyl (C=O) groups is 2. The van der Waals surface area contributed by atoms with Gasteiger partial charge in [-0.05, 0) is 95.3 Å². The van der Waals surface area contributed by atoms with Crippen molar-refractivity contribution in [3.8, 4) is 16.9 Å². The normalized spacial score (nSPS) is 14.6. The van der Waals surface area contributed by atoms with Crippen LogP contribution in [0.1, 0.15) is 75.4 Å². The molecular formula is C39H40Cl2N6O4. The van der Waals surface area contributed by atoms with Gasteiger partial charge in [0.25, 0.3) is 5.91 Å². The smallest absolute Gasteiger partial charge is 0.354 e. The number of amides is 1. The molecule has 264 valence electrons. The molecule has 0 saturated heterocycles. The Kier molecular flexibility index (Phi) is 8.88. The molecule has 1 N–H and O–H groups in total. The third kappa shape index (κ3) is 5.56. The van der Waals surface area contributed by atoms with Crippen LogP contribution in [0.4, 0.5) is 5.69 Å². The number of hydrogen-bond donors (Lipinski definition) is 1. The highest BCUT2D eigenvalue weighted by atomic mass is 35.5. The lowest BCUT2D eigenvalue weighted by molar-refractivity contribution is 0.0685. The number of nitrogens with zero attached hydrogens (tertiary/aromatic N) is 6. The fourth-order valence-electron chi connectivity index (χ4n) is 7.75. The van der Waals surface area contributed by atoms with Crippen LogP contribution in [-0.4, -0.2) is 54.3 Å². The summed E-state index contributed by atoms with van der Waals surface area (Å²) >= 11 is 13.5. The number of carboxylic acid groups (broad SMARTS) is 1. The van der Waals surface area contributed by atoms with Gasteiger partial charge in [0.15, 0.2) is 5.69 Å². The molecule has 10 nitrogen and oxygen atoms in total. The van der Waals surface area contributed by atoms with Crippen molar-refractivity contribution in [1.82, 2.24) is 24.1 Å². The summed E-state index contributed by atoms with van der Waals surface area (Å²) in [6, 6.07) is 13.0. The summed E-state index contributed by atoms with van der Waals surface area (Å²) in [6.07, 6.45) is 1.22. The standard InChI is InChI=1S/C39H40Cl2N6O4/c1-8-46-37(39(49)50)28-11-9-13-30(34(28)43-46)45-19-22(4)47-35-27(14-15-29(40)32(35)31-23(5)42-44(7)24(31)6)26(36(47)38(45)48)12-10-16-51-25-17-20(2)33(41)21(3)18-25/h9,11,13-15,17-18,22H,8,10,12,16,19H2,1-7H3,(H,49,50)/t22-/m1/s1. The summed E-state index contributed by atoms with van der Waals surface area (Å²) in [7, 11) is 1.92. The van der Waals surface area contributed by atoms with Crippen molar-refractivity contribution in [3.05, 3.63) is 92.0 Å². The molecule has 0 saturated carbocycles. The molecule has 3 aromatic carbocycles. The summed E-state index contributed by atoms with van der Waals surface area (Å²) in [5.41, 5.74) is 9.11. The number of carbonyl (C=O) groups excluding carboxylic acids is 1. The second-order valence-electron chi connectivity index (χ2n) is 13.4. The zero-order valence-corrected chi connectivity index (χ0v) is 31.3. The highest BCUT2D eigenvalue weighted by Gasteiger charge is 2.38. The van der Waals surface area contributed by atoms with Crippen molar-refractivity contribution >= 4 is 62.6 Å². The number of halogens is 2. The highest BCUT2D eigenvalue weighted by Crippen LogP contribution is 2.45. The van der Waals surface area contributed by atoms with Crippen molar-refractivity contribution in [3.63, 3.8) is 0 Å². The van der Waals surface area contributed by atoms with Gasteiger partial charge in [0.05, 0.1) is 28.5 Å². The average Bonchev–Trinajstić information content (AvgIpc) is 3.72. The first kappa shape index (κ1) is 34.6. The molecular weight excluding hydrogens is 687 g/mol. The SMILES string of the molecule is CCn1nc2c(N3C[C@@H](C)n4c(c(CCCOc5cc(C)c(Cl)c(C)c5)c5ccc(Cl)c(-c6c(C)nn(C)c6C)c54)C3=O)cccc2c1C(=O)O. The molecule has 0 spiro atoms. The van der Waals surface area contributed by atoms with E-state index in [-0.39, 0.29) is 17.6 Å². The predicted octanol–water partition coefficient (Wildman–Crippen LogP) is 8.88. The maximum Gasteiger partial charge on any atom is 0.354 e. The van der Waals surface area contributed by atoms with Crippen molar-refractivity contribution in [2.75, 3.05) is 18.1 Å². The van der Waals surface area contributed by atoms with E-state index in [0.717, 1.165) is 60.9 Å². The Labute approximate surface area is 306 Å². The highest BCUT2D eigenvalue weighted by molar-refractivity contribution is 6.35. The van der Waals surface area contributed by atoms with Gasteiger partial charge in [-0.2, -0.15) is 10.2 Å². The van der Waals surface area contributed by atoms with Crippen LogP contribution >= 0.6 is 23.2 Å². The van der Waals surface area contributed by atoms with Crippen molar-refractivity contribution < 1.29 is 19.4 Å². The molecule has 0 unspecified atom stereocenters. The van der Waals surface area contributed by atoms with Crippen molar-refractivity contribution in [2.45, 2.75) is 67.0 Å². The van der Waals surface area contributed by atoms with Crippen LogP contribution in [0, 0.1) is 27.7 Å². The Balaban J connectivity index is 1.38. The van der Waals surface area contributed by atoms with Crippen LogP contribution in [-0.2, 0) is 20.0 Å². The average molecular weight is 728 g/mol. The molecule has 51 heavy (non-hydrogen) atoms. The largest absolute Gasteiger partial charge is 0.494 e. The van der Waals surface area contributed by atoms with E-state index in [4.69, 9.17) is 33.0 Å². The molecule has 0 bridgehead atoms. The second-order valence-corrected chi connectivity index (χ2v) is 14.2. The van der Waals surface area contributed by atoms with Gasteiger partial charge in [-0.3, -0.25) is 14.2 Å².